The van der Waals surface area contributed by atoms with Crippen molar-refractivity contribution in [3.63, 3.8) is 0 Å². The number of aliphatic carboxylic acids is 1. The number of alkyl halides is 3. The maximum absolute atomic E-state index is 13.1. The number of carboxylic acids is 1. The summed E-state index contributed by atoms with van der Waals surface area (Å²) < 4.78 is 43.4. The van der Waals surface area contributed by atoms with Gasteiger partial charge in [0.05, 0.1) is 12.9 Å². The van der Waals surface area contributed by atoms with Crippen molar-refractivity contribution in [1.82, 2.24) is 19.4 Å². The molecule has 2 heterocycles. The van der Waals surface area contributed by atoms with Gasteiger partial charge in [0.2, 0.25) is 0 Å². The lowest BCUT2D eigenvalue weighted by Crippen LogP contribution is -2.36. The Morgan fingerprint density at radius 1 is 1.28 bits per heavy atom. The lowest BCUT2D eigenvalue weighted by molar-refractivity contribution is -0.274. The summed E-state index contributed by atoms with van der Waals surface area (Å²) in [5, 5.41) is 8.96. The van der Waals surface area contributed by atoms with Gasteiger partial charge in [-0.1, -0.05) is 12.1 Å². The largest absolute Gasteiger partial charge is 0.573 e. The van der Waals surface area contributed by atoms with E-state index in [4.69, 9.17) is 5.11 Å². The fraction of sp³-hybridized carbons (Fsp3) is 0.476. The Labute approximate surface area is 182 Å². The Hall–Kier alpha value is -3.08. The molecule has 0 spiro atoms. The number of piperidine rings is 1. The lowest BCUT2D eigenvalue weighted by atomic mass is 10.1. The Morgan fingerprint density at radius 3 is 2.59 bits per heavy atom. The van der Waals surface area contributed by atoms with Gasteiger partial charge in [0.1, 0.15) is 11.4 Å². The number of aryl methyl sites for hydroxylation is 1. The van der Waals surface area contributed by atoms with Crippen LogP contribution in [0.5, 0.6) is 5.75 Å². The summed E-state index contributed by atoms with van der Waals surface area (Å²) in [5.41, 5.74) is 0.767. The van der Waals surface area contributed by atoms with E-state index in [-0.39, 0.29) is 36.4 Å². The SMILES string of the molecule is Cn1cnc(C(=O)N(Cc2cccc(OC(F)(F)F)c2)CC2C3CN(CC(=O)O)CC32)c1. The molecule has 1 aromatic carbocycles. The number of nitrogens with zero attached hydrogens (tertiary/aromatic N) is 4. The Morgan fingerprint density at radius 2 is 2.00 bits per heavy atom. The van der Waals surface area contributed by atoms with Gasteiger partial charge in [-0.3, -0.25) is 14.5 Å². The number of rotatable bonds is 8. The predicted molar refractivity (Wildman–Crippen MR) is 106 cm³/mol. The van der Waals surface area contributed by atoms with E-state index in [0.29, 0.717) is 37.0 Å². The average Bonchev–Trinajstić information content (AvgIpc) is 3.03. The molecule has 4 rings (SSSR count). The molecule has 1 saturated carbocycles. The minimum absolute atomic E-state index is 0.00228. The molecule has 1 N–H and O–H groups in total. The molecular formula is C21H23F3N4O4. The van der Waals surface area contributed by atoms with Crippen LogP contribution >= 0.6 is 0 Å². The minimum atomic E-state index is -4.80. The topological polar surface area (TPSA) is 87.9 Å². The van der Waals surface area contributed by atoms with E-state index >= 15 is 0 Å². The van der Waals surface area contributed by atoms with Crippen LogP contribution in [0.15, 0.2) is 36.8 Å². The van der Waals surface area contributed by atoms with Crippen molar-refractivity contribution in [1.29, 1.82) is 0 Å². The molecule has 11 heteroatoms. The Balaban J connectivity index is 1.47. The second kappa shape index (κ2) is 8.45. The maximum Gasteiger partial charge on any atom is 0.573 e. The van der Waals surface area contributed by atoms with E-state index < -0.39 is 12.3 Å². The minimum Gasteiger partial charge on any atom is -0.480 e. The molecule has 2 fully saturated rings. The molecule has 1 aromatic heterocycles. The molecule has 8 nitrogen and oxygen atoms in total. The van der Waals surface area contributed by atoms with Crippen LogP contribution in [-0.4, -0.2) is 68.9 Å². The number of carbonyl (C=O) groups excluding carboxylic acids is 1. The number of imidazole rings is 1. The first kappa shape index (κ1) is 22.1. The van der Waals surface area contributed by atoms with Crippen molar-refractivity contribution >= 4 is 11.9 Å². The van der Waals surface area contributed by atoms with Crippen LogP contribution in [0.4, 0.5) is 13.2 Å². The standard InChI is InChI=1S/C21H23F3N4O4/c1-26-10-18(25-12-26)20(31)28(6-13-3-2-4-14(5-13)32-21(22,23)24)9-17-15-7-27(8-16(15)17)11-19(29)30/h2-5,10,12,15-17H,6-9,11H2,1H3,(H,29,30). The monoisotopic (exact) mass is 452 g/mol. The molecule has 1 amide bonds. The number of fused-ring (bicyclic) bond motifs is 1. The number of halogens is 3. The smallest absolute Gasteiger partial charge is 0.480 e. The third-order valence-electron chi connectivity index (χ3n) is 5.95. The summed E-state index contributed by atoms with van der Waals surface area (Å²) >= 11 is 0. The number of aromatic nitrogens is 2. The third-order valence-corrected chi connectivity index (χ3v) is 5.95. The number of likely N-dealkylation sites (tertiary alicyclic amines) is 1. The van der Waals surface area contributed by atoms with Gasteiger partial charge in [0, 0.05) is 39.4 Å². The van der Waals surface area contributed by atoms with Crippen LogP contribution in [0.25, 0.3) is 0 Å². The highest BCUT2D eigenvalue weighted by atomic mass is 19.4. The molecule has 1 aliphatic carbocycles. The van der Waals surface area contributed by atoms with Crippen LogP contribution < -0.4 is 4.74 Å². The van der Waals surface area contributed by atoms with Gasteiger partial charge in [-0.25, -0.2) is 4.98 Å². The van der Waals surface area contributed by atoms with E-state index in [2.05, 4.69) is 9.72 Å². The van der Waals surface area contributed by atoms with Crippen molar-refractivity contribution in [2.45, 2.75) is 12.9 Å². The number of carboxylic acid groups (broad SMARTS) is 1. The van der Waals surface area contributed by atoms with E-state index in [1.54, 1.807) is 28.8 Å². The van der Waals surface area contributed by atoms with Gasteiger partial charge in [0.25, 0.3) is 5.91 Å². The van der Waals surface area contributed by atoms with Crippen molar-refractivity contribution in [3.8, 4) is 5.75 Å². The highest BCUT2D eigenvalue weighted by Crippen LogP contribution is 2.52. The fourth-order valence-corrected chi connectivity index (χ4v) is 4.55. The van der Waals surface area contributed by atoms with Gasteiger partial charge in [-0.2, -0.15) is 0 Å². The van der Waals surface area contributed by atoms with Crippen molar-refractivity contribution in [3.05, 3.63) is 48.0 Å². The summed E-state index contributed by atoms with van der Waals surface area (Å²) in [6, 6.07) is 5.58. The van der Waals surface area contributed by atoms with E-state index in [9.17, 15) is 22.8 Å². The second-order valence-electron chi connectivity index (χ2n) is 8.38. The summed E-state index contributed by atoms with van der Waals surface area (Å²) in [6.45, 7) is 1.88. The molecule has 0 radical (unpaired) electrons. The number of amides is 1. The summed E-state index contributed by atoms with van der Waals surface area (Å²) in [5.74, 6) is -0.660. The molecule has 2 atom stereocenters. The molecule has 0 bridgehead atoms. The zero-order chi connectivity index (χ0) is 23.0. The number of benzene rings is 1. The Bertz CT molecular complexity index is 997. The molecule has 1 aliphatic heterocycles. The van der Waals surface area contributed by atoms with Gasteiger partial charge in [-0.15, -0.1) is 13.2 Å². The molecule has 172 valence electrons. The van der Waals surface area contributed by atoms with Crippen LogP contribution in [0, 0.1) is 17.8 Å². The zero-order valence-corrected chi connectivity index (χ0v) is 17.3. The van der Waals surface area contributed by atoms with Gasteiger partial charge in [-0.05, 0) is 35.4 Å². The highest BCUT2D eigenvalue weighted by Gasteiger charge is 2.56. The quantitative estimate of drug-likeness (QED) is 0.661. The predicted octanol–water partition coefficient (Wildman–Crippen LogP) is 2.22. The average molecular weight is 452 g/mol. The van der Waals surface area contributed by atoms with Crippen molar-refractivity contribution in [2.24, 2.45) is 24.8 Å². The molecule has 32 heavy (non-hydrogen) atoms. The van der Waals surface area contributed by atoms with Crippen LogP contribution in [0.1, 0.15) is 16.1 Å². The number of carbonyl (C=O) groups is 2. The lowest BCUT2D eigenvalue weighted by Gasteiger charge is -2.25. The highest BCUT2D eigenvalue weighted by molar-refractivity contribution is 5.92. The first-order chi connectivity index (χ1) is 15.1. The number of hydrogen-bond acceptors (Lipinski definition) is 5. The fourth-order valence-electron chi connectivity index (χ4n) is 4.55. The normalized spacial score (nSPS) is 22.4. The first-order valence-corrected chi connectivity index (χ1v) is 10.1. The maximum atomic E-state index is 13.1. The molecule has 1 saturated heterocycles. The van der Waals surface area contributed by atoms with Crippen LogP contribution in [0.3, 0.4) is 0 Å². The van der Waals surface area contributed by atoms with Crippen LogP contribution in [0.2, 0.25) is 0 Å². The summed E-state index contributed by atoms with van der Waals surface area (Å²) in [6.07, 6.45) is -1.69. The third kappa shape index (κ3) is 5.21. The second-order valence-corrected chi connectivity index (χ2v) is 8.38. The first-order valence-electron chi connectivity index (χ1n) is 10.1. The number of hydrogen-bond donors (Lipinski definition) is 1. The molecule has 2 aromatic rings. The summed E-state index contributed by atoms with van der Waals surface area (Å²) in [4.78, 5) is 31.6. The zero-order valence-electron chi connectivity index (χ0n) is 17.3. The molecular weight excluding hydrogens is 429 g/mol. The van der Waals surface area contributed by atoms with Gasteiger partial charge in [0.15, 0.2) is 0 Å². The van der Waals surface area contributed by atoms with Gasteiger partial charge >= 0.3 is 12.3 Å². The van der Waals surface area contributed by atoms with E-state index in [1.165, 1.54) is 24.5 Å². The van der Waals surface area contributed by atoms with Crippen molar-refractivity contribution < 1.29 is 32.6 Å². The summed E-state index contributed by atoms with van der Waals surface area (Å²) in [7, 11) is 1.74. The van der Waals surface area contributed by atoms with Crippen molar-refractivity contribution in [2.75, 3.05) is 26.2 Å². The van der Waals surface area contributed by atoms with Crippen LogP contribution in [-0.2, 0) is 18.4 Å². The van der Waals surface area contributed by atoms with Gasteiger partial charge < -0.3 is 19.3 Å². The molecule has 2 aliphatic rings. The van der Waals surface area contributed by atoms with E-state index in [0.717, 1.165) is 0 Å². The number of ether oxygens (including phenoxy) is 1. The van der Waals surface area contributed by atoms with E-state index in [1.807, 2.05) is 4.90 Å². The Kier molecular flexibility index (Phi) is 5.85. The molecule has 2 unspecified atom stereocenters.